The molecule has 3 N–H and O–H groups in total. The fourth-order valence-corrected chi connectivity index (χ4v) is 3.87. The number of nitrogens with zero attached hydrogens (tertiary/aromatic N) is 2. The quantitative estimate of drug-likeness (QED) is 0.753. The molecule has 1 atom stereocenters. The number of aliphatic hydroxyl groups is 1. The van der Waals surface area contributed by atoms with E-state index in [2.05, 4.69) is 16.8 Å². The summed E-state index contributed by atoms with van der Waals surface area (Å²) in [6, 6.07) is 1.51. The lowest BCUT2D eigenvalue weighted by Crippen LogP contribution is -2.40. The molecule has 0 spiro atoms. The maximum atomic E-state index is 12.6. The van der Waals surface area contributed by atoms with Crippen molar-refractivity contribution in [2.24, 2.45) is 11.7 Å². The number of pyridine rings is 1. The second-order valence-corrected chi connectivity index (χ2v) is 6.91. The van der Waals surface area contributed by atoms with Crippen molar-refractivity contribution >= 4 is 10.0 Å². The van der Waals surface area contributed by atoms with Crippen LogP contribution < -0.4 is 5.73 Å². The first-order valence-electron chi connectivity index (χ1n) is 6.83. The Balaban J connectivity index is 2.26. The number of aromatic nitrogens is 1. The highest BCUT2D eigenvalue weighted by Crippen LogP contribution is 2.23. The summed E-state index contributed by atoms with van der Waals surface area (Å²) < 4.78 is 26.6. The van der Waals surface area contributed by atoms with E-state index < -0.39 is 10.0 Å². The first-order chi connectivity index (χ1) is 10.1. The van der Waals surface area contributed by atoms with Crippen molar-refractivity contribution in [3.05, 3.63) is 24.0 Å². The third kappa shape index (κ3) is 3.80. The lowest BCUT2D eigenvalue weighted by molar-refractivity contribution is 0.165. The zero-order chi connectivity index (χ0) is 15.3. The topological polar surface area (TPSA) is 96.5 Å². The molecule has 7 heteroatoms. The van der Waals surface area contributed by atoms with Gasteiger partial charge in [-0.2, -0.15) is 4.31 Å². The number of aliphatic hydroxyl groups excluding tert-OH is 1. The molecule has 1 aliphatic heterocycles. The van der Waals surface area contributed by atoms with E-state index in [9.17, 15) is 13.5 Å². The highest BCUT2D eigenvalue weighted by Gasteiger charge is 2.30. The van der Waals surface area contributed by atoms with Crippen molar-refractivity contribution in [2.75, 3.05) is 26.2 Å². The summed E-state index contributed by atoms with van der Waals surface area (Å²) in [6.07, 6.45) is 4.44. The van der Waals surface area contributed by atoms with Crippen LogP contribution >= 0.6 is 0 Å². The molecule has 1 fully saturated rings. The van der Waals surface area contributed by atoms with Gasteiger partial charge in [-0.3, -0.25) is 4.98 Å². The number of rotatable bonds is 3. The summed E-state index contributed by atoms with van der Waals surface area (Å²) in [5.41, 5.74) is 5.83. The lowest BCUT2D eigenvalue weighted by Gasteiger charge is -2.30. The summed E-state index contributed by atoms with van der Waals surface area (Å²) >= 11 is 0. The van der Waals surface area contributed by atoms with Crippen molar-refractivity contribution in [1.82, 2.24) is 9.29 Å². The van der Waals surface area contributed by atoms with Crippen LogP contribution in [0.25, 0.3) is 0 Å². The molecule has 0 saturated carbocycles. The van der Waals surface area contributed by atoms with Crippen LogP contribution in [-0.2, 0) is 10.0 Å². The SMILES string of the molecule is NCC#Cc1cncc(S(=O)(=O)N2CCCC(CO)C2)c1. The molecule has 1 unspecified atom stereocenters. The van der Waals surface area contributed by atoms with E-state index in [0.717, 1.165) is 12.8 Å². The molecule has 114 valence electrons. The predicted molar refractivity (Wildman–Crippen MR) is 78.7 cm³/mol. The molecular weight excluding hydrogens is 290 g/mol. The van der Waals surface area contributed by atoms with Gasteiger partial charge in [0.25, 0.3) is 0 Å². The number of hydrogen-bond acceptors (Lipinski definition) is 5. The van der Waals surface area contributed by atoms with Gasteiger partial charge in [0.2, 0.25) is 10.0 Å². The smallest absolute Gasteiger partial charge is 0.244 e. The summed E-state index contributed by atoms with van der Waals surface area (Å²) in [4.78, 5) is 4.07. The van der Waals surface area contributed by atoms with Gasteiger partial charge in [-0.1, -0.05) is 11.8 Å². The van der Waals surface area contributed by atoms with Gasteiger partial charge in [-0.15, -0.1) is 0 Å². The molecule has 0 amide bonds. The van der Waals surface area contributed by atoms with Gasteiger partial charge in [-0.25, -0.2) is 8.42 Å². The van der Waals surface area contributed by atoms with Gasteiger partial charge in [0, 0.05) is 37.7 Å². The Bertz CT molecular complexity index is 649. The Morgan fingerprint density at radius 3 is 3.00 bits per heavy atom. The van der Waals surface area contributed by atoms with Gasteiger partial charge in [-0.05, 0) is 24.8 Å². The van der Waals surface area contributed by atoms with Crippen LogP contribution in [0.4, 0.5) is 0 Å². The second-order valence-electron chi connectivity index (χ2n) is 4.97. The van der Waals surface area contributed by atoms with Crippen molar-refractivity contribution in [2.45, 2.75) is 17.7 Å². The minimum atomic E-state index is -3.59. The third-order valence-electron chi connectivity index (χ3n) is 3.43. The van der Waals surface area contributed by atoms with Crippen molar-refractivity contribution in [3.8, 4) is 11.8 Å². The van der Waals surface area contributed by atoms with Crippen LogP contribution in [0, 0.1) is 17.8 Å². The maximum Gasteiger partial charge on any atom is 0.244 e. The minimum absolute atomic E-state index is 0.00157. The molecule has 21 heavy (non-hydrogen) atoms. The molecule has 2 heterocycles. The van der Waals surface area contributed by atoms with E-state index in [0.29, 0.717) is 18.7 Å². The van der Waals surface area contributed by atoms with E-state index >= 15 is 0 Å². The first-order valence-corrected chi connectivity index (χ1v) is 8.27. The molecule has 6 nitrogen and oxygen atoms in total. The number of sulfonamides is 1. The van der Waals surface area contributed by atoms with Crippen LogP contribution in [0.1, 0.15) is 18.4 Å². The fraction of sp³-hybridized carbons (Fsp3) is 0.500. The monoisotopic (exact) mass is 309 g/mol. The summed E-state index contributed by atoms with van der Waals surface area (Å²) in [5, 5.41) is 9.22. The predicted octanol–water partition coefficient (Wildman–Crippen LogP) is -0.215. The zero-order valence-electron chi connectivity index (χ0n) is 11.7. The van der Waals surface area contributed by atoms with Gasteiger partial charge < -0.3 is 10.8 Å². The Morgan fingerprint density at radius 1 is 1.48 bits per heavy atom. The first kappa shape index (κ1) is 15.9. The van der Waals surface area contributed by atoms with Gasteiger partial charge in [0.05, 0.1) is 6.54 Å². The van der Waals surface area contributed by atoms with E-state index in [4.69, 9.17) is 5.73 Å². The van der Waals surface area contributed by atoms with E-state index in [1.54, 1.807) is 0 Å². The van der Waals surface area contributed by atoms with E-state index in [-0.39, 0.29) is 24.0 Å². The average molecular weight is 309 g/mol. The summed E-state index contributed by atoms with van der Waals surface area (Å²) in [6.45, 7) is 1.03. The standard InChI is InChI=1S/C14H19N3O3S/c15-5-1-3-12-7-14(9-16-8-12)21(19,20)17-6-2-4-13(10-17)11-18/h7-9,13,18H,2,4-6,10-11,15H2. The van der Waals surface area contributed by atoms with E-state index in [1.807, 2.05) is 0 Å². The summed E-state index contributed by atoms with van der Waals surface area (Å²) in [7, 11) is -3.59. The van der Waals surface area contributed by atoms with Crippen LogP contribution in [0.5, 0.6) is 0 Å². The maximum absolute atomic E-state index is 12.6. The fourth-order valence-electron chi connectivity index (χ4n) is 2.32. The molecule has 2 rings (SSSR count). The highest BCUT2D eigenvalue weighted by atomic mass is 32.2. The number of hydrogen-bond donors (Lipinski definition) is 2. The Kier molecular flexibility index (Phi) is 5.31. The van der Waals surface area contributed by atoms with Crippen LogP contribution in [-0.4, -0.2) is 49.1 Å². The molecule has 0 bridgehead atoms. The molecule has 1 aromatic heterocycles. The van der Waals surface area contributed by atoms with Crippen LogP contribution in [0.15, 0.2) is 23.4 Å². The summed E-state index contributed by atoms with van der Waals surface area (Å²) in [5.74, 6) is 5.46. The number of nitrogens with two attached hydrogens (primary N) is 1. The molecule has 0 aliphatic carbocycles. The van der Waals surface area contributed by atoms with Gasteiger partial charge in [0.1, 0.15) is 4.90 Å². The Morgan fingerprint density at radius 2 is 2.29 bits per heavy atom. The Hall–Kier alpha value is -1.46. The average Bonchev–Trinajstić information content (AvgIpc) is 2.53. The minimum Gasteiger partial charge on any atom is -0.396 e. The molecule has 1 saturated heterocycles. The molecule has 1 aromatic rings. The van der Waals surface area contributed by atoms with Crippen molar-refractivity contribution < 1.29 is 13.5 Å². The normalized spacial score (nSPS) is 19.8. The molecule has 1 aliphatic rings. The number of piperidine rings is 1. The van der Waals surface area contributed by atoms with Crippen LogP contribution in [0.2, 0.25) is 0 Å². The second kappa shape index (κ2) is 7.00. The highest BCUT2D eigenvalue weighted by molar-refractivity contribution is 7.89. The zero-order valence-corrected chi connectivity index (χ0v) is 12.5. The Labute approximate surface area is 125 Å². The van der Waals surface area contributed by atoms with Gasteiger partial charge in [0.15, 0.2) is 0 Å². The lowest BCUT2D eigenvalue weighted by atomic mass is 10.0. The van der Waals surface area contributed by atoms with E-state index in [1.165, 1.54) is 22.8 Å². The van der Waals surface area contributed by atoms with Crippen molar-refractivity contribution in [1.29, 1.82) is 0 Å². The van der Waals surface area contributed by atoms with Crippen LogP contribution in [0.3, 0.4) is 0 Å². The largest absolute Gasteiger partial charge is 0.396 e. The third-order valence-corrected chi connectivity index (χ3v) is 5.26. The molecule has 0 aromatic carbocycles. The molecular formula is C14H19N3O3S. The molecule has 0 radical (unpaired) electrons. The van der Waals surface area contributed by atoms with Gasteiger partial charge >= 0.3 is 0 Å². The van der Waals surface area contributed by atoms with Crippen molar-refractivity contribution in [3.63, 3.8) is 0 Å².